The summed E-state index contributed by atoms with van der Waals surface area (Å²) in [7, 11) is 0. The van der Waals surface area contributed by atoms with Crippen molar-refractivity contribution in [2.45, 2.75) is 25.9 Å². The van der Waals surface area contributed by atoms with Crippen molar-refractivity contribution in [1.82, 2.24) is 9.97 Å². The molecule has 5 heteroatoms. The van der Waals surface area contributed by atoms with Crippen molar-refractivity contribution in [3.8, 4) is 0 Å². The Morgan fingerprint density at radius 2 is 2.05 bits per heavy atom. The van der Waals surface area contributed by atoms with Crippen LogP contribution in [-0.2, 0) is 6.42 Å². The topological polar surface area (TPSA) is 58.0 Å². The van der Waals surface area contributed by atoms with Crippen molar-refractivity contribution >= 4 is 27.4 Å². The van der Waals surface area contributed by atoms with E-state index >= 15 is 0 Å². The summed E-state index contributed by atoms with van der Waals surface area (Å²) in [5.74, 6) is 0.840. The Hall–Kier alpha value is -1.98. The molecule has 0 amide bonds. The van der Waals surface area contributed by atoms with Gasteiger partial charge in [0.1, 0.15) is 17.0 Å². The second-order valence-corrected chi connectivity index (χ2v) is 6.24. The van der Waals surface area contributed by atoms with Crippen LogP contribution in [0.5, 0.6) is 0 Å². The van der Waals surface area contributed by atoms with Crippen LogP contribution in [0.3, 0.4) is 0 Å². The standard InChI is InChI=1S/C17H19N3OS/c1-2-14(21)15-10-13-16(19-11-20-17(13)22-15)18-9-8-12-6-4-3-5-7-12/h3-7,10-11,14,21H,2,8-9H2,1H3,(H,18,19,20). The molecule has 0 aliphatic rings. The zero-order valence-corrected chi connectivity index (χ0v) is 13.3. The van der Waals surface area contributed by atoms with Crippen LogP contribution in [0.4, 0.5) is 5.82 Å². The number of fused-ring (bicyclic) bond motifs is 1. The number of nitrogens with zero attached hydrogens (tertiary/aromatic N) is 2. The zero-order valence-electron chi connectivity index (χ0n) is 12.5. The molecule has 2 N–H and O–H groups in total. The van der Waals surface area contributed by atoms with Crippen LogP contribution in [0.25, 0.3) is 10.2 Å². The van der Waals surface area contributed by atoms with Crippen LogP contribution in [0.1, 0.15) is 29.9 Å². The first-order valence-corrected chi connectivity index (χ1v) is 8.30. The first-order valence-electron chi connectivity index (χ1n) is 7.48. The number of aliphatic hydroxyl groups is 1. The third-order valence-electron chi connectivity index (χ3n) is 3.61. The summed E-state index contributed by atoms with van der Waals surface area (Å²) in [6, 6.07) is 12.4. The van der Waals surface area contributed by atoms with E-state index in [1.807, 2.05) is 19.1 Å². The van der Waals surface area contributed by atoms with Gasteiger partial charge in [0, 0.05) is 11.4 Å². The van der Waals surface area contributed by atoms with Gasteiger partial charge in [-0.2, -0.15) is 0 Å². The largest absolute Gasteiger partial charge is 0.388 e. The number of nitrogens with one attached hydrogen (secondary N) is 1. The second kappa shape index (κ2) is 6.85. The fourth-order valence-electron chi connectivity index (χ4n) is 2.35. The lowest BCUT2D eigenvalue weighted by molar-refractivity contribution is 0.177. The van der Waals surface area contributed by atoms with E-state index in [9.17, 15) is 5.11 Å². The lowest BCUT2D eigenvalue weighted by Crippen LogP contribution is -2.06. The van der Waals surface area contributed by atoms with Gasteiger partial charge in [-0.1, -0.05) is 37.3 Å². The molecule has 0 fully saturated rings. The third kappa shape index (κ3) is 3.26. The summed E-state index contributed by atoms with van der Waals surface area (Å²) in [5.41, 5.74) is 1.30. The van der Waals surface area contributed by atoms with E-state index in [0.717, 1.165) is 33.9 Å². The van der Waals surface area contributed by atoms with Crippen LogP contribution in [0.2, 0.25) is 0 Å². The Balaban J connectivity index is 1.74. The maximum Gasteiger partial charge on any atom is 0.138 e. The molecule has 1 atom stereocenters. The minimum atomic E-state index is -0.420. The summed E-state index contributed by atoms with van der Waals surface area (Å²) in [6.45, 7) is 2.79. The molecule has 3 rings (SSSR count). The summed E-state index contributed by atoms with van der Waals surface area (Å²) in [5, 5.41) is 14.4. The molecule has 0 aliphatic carbocycles. The average molecular weight is 313 g/mol. The third-order valence-corrected chi connectivity index (χ3v) is 4.76. The van der Waals surface area contributed by atoms with E-state index in [0.29, 0.717) is 6.42 Å². The molecule has 0 bridgehead atoms. The number of benzene rings is 1. The van der Waals surface area contributed by atoms with Gasteiger partial charge in [-0.15, -0.1) is 11.3 Å². The normalized spacial score (nSPS) is 12.5. The summed E-state index contributed by atoms with van der Waals surface area (Å²) in [6.07, 6.45) is 2.81. The Bertz CT molecular complexity index is 742. The monoisotopic (exact) mass is 313 g/mol. The molecule has 0 aliphatic heterocycles. The van der Waals surface area contributed by atoms with Gasteiger partial charge >= 0.3 is 0 Å². The van der Waals surface area contributed by atoms with E-state index in [1.54, 1.807) is 6.33 Å². The number of hydrogen-bond acceptors (Lipinski definition) is 5. The summed E-state index contributed by atoms with van der Waals surface area (Å²) >= 11 is 1.53. The zero-order chi connectivity index (χ0) is 15.4. The van der Waals surface area contributed by atoms with Crippen molar-refractivity contribution < 1.29 is 5.11 Å². The maximum atomic E-state index is 9.99. The van der Waals surface area contributed by atoms with Gasteiger partial charge in [0.25, 0.3) is 0 Å². The summed E-state index contributed by atoms with van der Waals surface area (Å²) in [4.78, 5) is 10.5. The molecule has 0 saturated carbocycles. The second-order valence-electron chi connectivity index (χ2n) is 5.18. The number of aromatic nitrogens is 2. The highest BCUT2D eigenvalue weighted by Gasteiger charge is 2.13. The van der Waals surface area contributed by atoms with Crippen LogP contribution < -0.4 is 5.32 Å². The molecule has 0 radical (unpaired) electrons. The Morgan fingerprint density at radius 3 is 2.82 bits per heavy atom. The van der Waals surface area contributed by atoms with Crippen LogP contribution >= 0.6 is 11.3 Å². The lowest BCUT2D eigenvalue weighted by Gasteiger charge is -2.06. The molecule has 0 spiro atoms. The molecule has 1 aromatic carbocycles. The van der Waals surface area contributed by atoms with Crippen LogP contribution in [0, 0.1) is 0 Å². The van der Waals surface area contributed by atoms with E-state index in [2.05, 4.69) is 39.6 Å². The molecule has 0 saturated heterocycles. The SMILES string of the molecule is CCC(O)c1cc2c(NCCc3ccccc3)ncnc2s1. The molecule has 22 heavy (non-hydrogen) atoms. The van der Waals surface area contributed by atoms with Gasteiger partial charge in [-0.05, 0) is 24.5 Å². The predicted molar refractivity (Wildman–Crippen MR) is 91.3 cm³/mol. The number of hydrogen-bond donors (Lipinski definition) is 2. The highest BCUT2D eigenvalue weighted by Crippen LogP contribution is 2.32. The van der Waals surface area contributed by atoms with Gasteiger partial charge in [-0.3, -0.25) is 0 Å². The quantitative estimate of drug-likeness (QED) is 0.727. The molecule has 114 valence electrons. The number of anilines is 1. The first-order chi connectivity index (χ1) is 10.8. The van der Waals surface area contributed by atoms with Gasteiger partial charge < -0.3 is 10.4 Å². The van der Waals surface area contributed by atoms with E-state index < -0.39 is 6.10 Å². The van der Waals surface area contributed by atoms with E-state index in [4.69, 9.17) is 0 Å². The molecule has 1 unspecified atom stereocenters. The van der Waals surface area contributed by atoms with Crippen molar-refractivity contribution in [2.24, 2.45) is 0 Å². The van der Waals surface area contributed by atoms with Crippen molar-refractivity contribution in [3.05, 3.63) is 53.2 Å². The van der Waals surface area contributed by atoms with E-state index in [1.165, 1.54) is 16.9 Å². The molecule has 4 nitrogen and oxygen atoms in total. The van der Waals surface area contributed by atoms with Gasteiger partial charge in [0.05, 0.1) is 11.5 Å². The number of aliphatic hydroxyl groups excluding tert-OH is 1. The maximum absolute atomic E-state index is 9.99. The molecule has 2 aromatic heterocycles. The van der Waals surface area contributed by atoms with Crippen molar-refractivity contribution in [3.63, 3.8) is 0 Å². The molecular formula is C17H19N3OS. The van der Waals surface area contributed by atoms with Gasteiger partial charge in [-0.25, -0.2) is 9.97 Å². The van der Waals surface area contributed by atoms with E-state index in [-0.39, 0.29) is 0 Å². The minimum absolute atomic E-state index is 0.420. The predicted octanol–water partition coefficient (Wildman–Crippen LogP) is 3.79. The highest BCUT2D eigenvalue weighted by molar-refractivity contribution is 7.18. The summed E-state index contributed by atoms with van der Waals surface area (Å²) < 4.78 is 0. The number of rotatable bonds is 6. The highest BCUT2D eigenvalue weighted by atomic mass is 32.1. The lowest BCUT2D eigenvalue weighted by atomic mass is 10.1. The fourth-order valence-corrected chi connectivity index (χ4v) is 3.42. The fraction of sp³-hybridized carbons (Fsp3) is 0.294. The van der Waals surface area contributed by atoms with Crippen LogP contribution in [0.15, 0.2) is 42.7 Å². The van der Waals surface area contributed by atoms with Crippen molar-refractivity contribution in [1.29, 1.82) is 0 Å². The Kier molecular flexibility index (Phi) is 4.65. The number of thiophene rings is 1. The molecule has 3 aromatic rings. The average Bonchev–Trinajstić information content (AvgIpc) is 3.00. The first kappa shape index (κ1) is 14.9. The Labute approximate surface area is 133 Å². The molecule has 2 heterocycles. The minimum Gasteiger partial charge on any atom is -0.388 e. The van der Waals surface area contributed by atoms with Crippen molar-refractivity contribution in [2.75, 3.05) is 11.9 Å². The van der Waals surface area contributed by atoms with Gasteiger partial charge in [0.2, 0.25) is 0 Å². The van der Waals surface area contributed by atoms with Crippen LogP contribution in [-0.4, -0.2) is 21.6 Å². The van der Waals surface area contributed by atoms with Gasteiger partial charge in [0.15, 0.2) is 0 Å². The smallest absolute Gasteiger partial charge is 0.138 e. The Morgan fingerprint density at radius 1 is 1.23 bits per heavy atom. The molecular weight excluding hydrogens is 294 g/mol.